The fourth-order valence-corrected chi connectivity index (χ4v) is 3.22. The first-order chi connectivity index (χ1) is 10.9. The molecule has 0 bridgehead atoms. The molecule has 0 amide bonds. The Kier molecular flexibility index (Phi) is 3.53. The summed E-state index contributed by atoms with van der Waals surface area (Å²) in [5, 5.41) is 23.8. The number of nitrogens with one attached hydrogen (secondary N) is 1. The molecule has 2 aromatic carbocycles. The van der Waals surface area contributed by atoms with Crippen LogP contribution in [0.3, 0.4) is 0 Å². The summed E-state index contributed by atoms with van der Waals surface area (Å²) in [6.07, 6.45) is 0. The minimum absolute atomic E-state index is 0.0310. The number of benzene rings is 2. The Morgan fingerprint density at radius 1 is 1.13 bits per heavy atom. The highest BCUT2D eigenvalue weighted by molar-refractivity contribution is 5.86. The van der Waals surface area contributed by atoms with Gasteiger partial charge in [0.1, 0.15) is 17.0 Å². The second kappa shape index (κ2) is 5.28. The van der Waals surface area contributed by atoms with Crippen LogP contribution in [0.2, 0.25) is 0 Å². The summed E-state index contributed by atoms with van der Waals surface area (Å²) in [7, 11) is 1.30. The molecule has 3 rings (SSSR count). The smallest absolute Gasteiger partial charge is 0.330 e. The van der Waals surface area contributed by atoms with E-state index in [1.54, 1.807) is 6.92 Å². The van der Waals surface area contributed by atoms with E-state index in [0.717, 1.165) is 11.1 Å². The van der Waals surface area contributed by atoms with Crippen molar-refractivity contribution in [3.05, 3.63) is 58.7 Å². The van der Waals surface area contributed by atoms with Crippen LogP contribution < -0.4 is 5.32 Å². The van der Waals surface area contributed by atoms with E-state index in [9.17, 15) is 15.0 Å². The molecule has 1 aliphatic heterocycles. The van der Waals surface area contributed by atoms with Crippen LogP contribution in [0.5, 0.6) is 11.5 Å². The first-order valence-corrected chi connectivity index (χ1v) is 7.36. The molecule has 0 spiro atoms. The lowest BCUT2D eigenvalue weighted by atomic mass is 9.89. The van der Waals surface area contributed by atoms with E-state index in [2.05, 4.69) is 5.32 Å². The number of phenolic OH excluding ortho intramolecular Hbond substituents is 2. The molecule has 1 heterocycles. The van der Waals surface area contributed by atoms with Crippen LogP contribution in [0, 0.1) is 6.92 Å². The molecule has 2 aromatic rings. The average Bonchev–Trinajstić information content (AvgIpc) is 2.87. The van der Waals surface area contributed by atoms with Crippen molar-refractivity contribution in [2.45, 2.75) is 25.4 Å². The summed E-state index contributed by atoms with van der Waals surface area (Å²) >= 11 is 0. The average molecular weight is 313 g/mol. The summed E-state index contributed by atoms with van der Waals surface area (Å²) < 4.78 is 4.90. The first kappa shape index (κ1) is 15.4. The maximum absolute atomic E-state index is 12.3. The van der Waals surface area contributed by atoms with Gasteiger partial charge in [0.25, 0.3) is 0 Å². The first-order valence-electron chi connectivity index (χ1n) is 7.36. The molecule has 2 atom stereocenters. The molecular weight excluding hydrogens is 294 g/mol. The number of hydrogen-bond donors (Lipinski definition) is 3. The number of esters is 1. The second-order valence-electron chi connectivity index (χ2n) is 6.00. The predicted molar refractivity (Wildman–Crippen MR) is 85.3 cm³/mol. The number of ether oxygens (including phenoxy) is 1. The van der Waals surface area contributed by atoms with Crippen LogP contribution in [-0.2, 0) is 15.1 Å². The monoisotopic (exact) mass is 313 g/mol. The number of carbonyl (C=O) groups excluding carboxylic acids is 1. The summed E-state index contributed by atoms with van der Waals surface area (Å²) in [5.74, 6) is -0.537. The van der Waals surface area contributed by atoms with Gasteiger partial charge < -0.3 is 14.9 Å². The standard InChI is InChI=1S/C18H19NO4/c1-10-4-6-11(7-5-10)16-14-12(20)8-9-13(21)15(14)18(2,19-16)17(22)23-3/h4-9,16,19-21H,1-3H3/t16-,18-/m0/s1. The molecule has 23 heavy (non-hydrogen) atoms. The number of fused-ring (bicyclic) bond motifs is 1. The van der Waals surface area contributed by atoms with Crippen LogP contribution in [-0.4, -0.2) is 23.3 Å². The zero-order valence-electron chi connectivity index (χ0n) is 13.3. The maximum atomic E-state index is 12.3. The van der Waals surface area contributed by atoms with Crippen molar-refractivity contribution in [3.8, 4) is 11.5 Å². The highest BCUT2D eigenvalue weighted by atomic mass is 16.5. The number of hydrogen-bond acceptors (Lipinski definition) is 5. The molecule has 3 N–H and O–H groups in total. The normalized spacial score (nSPS) is 22.7. The number of aromatic hydroxyl groups is 2. The van der Waals surface area contributed by atoms with Gasteiger partial charge in [-0.15, -0.1) is 0 Å². The third kappa shape index (κ3) is 2.24. The minimum atomic E-state index is -1.23. The van der Waals surface area contributed by atoms with Crippen LogP contribution in [0.25, 0.3) is 0 Å². The highest BCUT2D eigenvalue weighted by Crippen LogP contribution is 2.49. The van der Waals surface area contributed by atoms with E-state index in [1.165, 1.54) is 19.2 Å². The zero-order valence-corrected chi connectivity index (χ0v) is 13.3. The largest absolute Gasteiger partial charge is 0.508 e. The van der Waals surface area contributed by atoms with Gasteiger partial charge in [-0.3, -0.25) is 5.32 Å². The molecule has 0 aromatic heterocycles. The molecule has 0 radical (unpaired) electrons. The quantitative estimate of drug-likeness (QED) is 0.586. The molecule has 0 saturated carbocycles. The zero-order chi connectivity index (χ0) is 16.8. The van der Waals surface area contributed by atoms with Gasteiger partial charge in [-0.05, 0) is 31.5 Å². The number of aryl methyl sites for hydroxylation is 1. The predicted octanol–water partition coefficient (Wildman–Crippen LogP) is 2.49. The number of carbonyl (C=O) groups is 1. The number of methoxy groups -OCH3 is 1. The molecule has 5 heteroatoms. The van der Waals surface area contributed by atoms with E-state index < -0.39 is 17.6 Å². The minimum Gasteiger partial charge on any atom is -0.508 e. The summed E-state index contributed by atoms with van der Waals surface area (Å²) in [6.45, 7) is 3.63. The van der Waals surface area contributed by atoms with Crippen LogP contribution in [0.15, 0.2) is 36.4 Å². The Morgan fingerprint density at radius 2 is 1.74 bits per heavy atom. The second-order valence-corrected chi connectivity index (χ2v) is 6.00. The Labute approximate surface area is 134 Å². The van der Waals surface area contributed by atoms with E-state index in [4.69, 9.17) is 4.74 Å². The van der Waals surface area contributed by atoms with Gasteiger partial charge in [0, 0.05) is 11.1 Å². The third-order valence-electron chi connectivity index (χ3n) is 4.43. The van der Waals surface area contributed by atoms with E-state index in [1.807, 2.05) is 31.2 Å². The summed E-state index contributed by atoms with van der Waals surface area (Å²) in [5.41, 5.74) is 1.63. The van der Waals surface area contributed by atoms with Gasteiger partial charge in [-0.25, -0.2) is 4.79 Å². The van der Waals surface area contributed by atoms with Crippen molar-refractivity contribution in [1.82, 2.24) is 5.32 Å². The van der Waals surface area contributed by atoms with Crippen molar-refractivity contribution in [2.24, 2.45) is 0 Å². The van der Waals surface area contributed by atoms with Crippen molar-refractivity contribution in [3.63, 3.8) is 0 Å². The van der Waals surface area contributed by atoms with E-state index >= 15 is 0 Å². The van der Waals surface area contributed by atoms with Gasteiger partial charge in [-0.1, -0.05) is 29.8 Å². The molecule has 1 aliphatic rings. The highest BCUT2D eigenvalue weighted by Gasteiger charge is 2.49. The van der Waals surface area contributed by atoms with Gasteiger partial charge in [0.2, 0.25) is 0 Å². The Hall–Kier alpha value is -2.53. The van der Waals surface area contributed by atoms with Crippen molar-refractivity contribution < 1.29 is 19.7 Å². The SMILES string of the molecule is COC(=O)[C@@]1(C)N[C@@H](c2ccc(C)cc2)c2c(O)ccc(O)c21. The Balaban J connectivity index is 2.22. The topological polar surface area (TPSA) is 78.8 Å². The summed E-state index contributed by atoms with van der Waals surface area (Å²) in [6, 6.07) is 10.2. The lowest BCUT2D eigenvalue weighted by Crippen LogP contribution is -2.44. The Morgan fingerprint density at radius 3 is 2.35 bits per heavy atom. The van der Waals surface area contributed by atoms with E-state index in [0.29, 0.717) is 11.1 Å². The van der Waals surface area contributed by atoms with Crippen molar-refractivity contribution >= 4 is 5.97 Å². The molecule has 0 saturated heterocycles. The lowest BCUT2D eigenvalue weighted by Gasteiger charge is -2.24. The fourth-order valence-electron chi connectivity index (χ4n) is 3.22. The van der Waals surface area contributed by atoms with Gasteiger partial charge in [0.15, 0.2) is 0 Å². The summed E-state index contributed by atoms with van der Waals surface area (Å²) in [4.78, 5) is 12.3. The third-order valence-corrected chi connectivity index (χ3v) is 4.43. The van der Waals surface area contributed by atoms with Crippen LogP contribution in [0.1, 0.15) is 35.2 Å². The number of rotatable bonds is 2. The number of phenols is 2. The molecule has 0 unspecified atom stereocenters. The molecule has 0 aliphatic carbocycles. The van der Waals surface area contributed by atoms with Gasteiger partial charge in [0.05, 0.1) is 13.2 Å². The van der Waals surface area contributed by atoms with Crippen LogP contribution >= 0.6 is 0 Å². The fraction of sp³-hybridized carbons (Fsp3) is 0.278. The van der Waals surface area contributed by atoms with Crippen molar-refractivity contribution in [2.75, 3.05) is 7.11 Å². The maximum Gasteiger partial charge on any atom is 0.330 e. The molecule has 5 nitrogen and oxygen atoms in total. The Bertz CT molecular complexity index is 769. The lowest BCUT2D eigenvalue weighted by molar-refractivity contribution is -0.148. The van der Waals surface area contributed by atoms with Gasteiger partial charge >= 0.3 is 5.97 Å². The van der Waals surface area contributed by atoms with E-state index in [-0.39, 0.29) is 11.5 Å². The molecule has 120 valence electrons. The molecular formula is C18H19NO4. The van der Waals surface area contributed by atoms with Gasteiger partial charge in [-0.2, -0.15) is 0 Å². The van der Waals surface area contributed by atoms with Crippen molar-refractivity contribution in [1.29, 1.82) is 0 Å². The molecule has 0 fully saturated rings. The van der Waals surface area contributed by atoms with Crippen LogP contribution in [0.4, 0.5) is 0 Å².